The van der Waals surface area contributed by atoms with Crippen LogP contribution in [0.2, 0.25) is 0 Å². The van der Waals surface area contributed by atoms with Crippen molar-refractivity contribution in [1.29, 1.82) is 0 Å². The molecule has 0 radical (unpaired) electrons. The van der Waals surface area contributed by atoms with Crippen molar-refractivity contribution in [3.8, 4) is 17.2 Å². The van der Waals surface area contributed by atoms with Gasteiger partial charge >= 0.3 is 0 Å². The molecule has 2 heterocycles. The third-order valence-corrected chi connectivity index (χ3v) is 4.65. The van der Waals surface area contributed by atoms with Crippen LogP contribution < -0.4 is 24.8 Å². The molecule has 1 aliphatic rings. The summed E-state index contributed by atoms with van der Waals surface area (Å²) in [5.41, 5.74) is 0.774. The fourth-order valence-corrected chi connectivity index (χ4v) is 3.17. The number of hydrogen-bond acceptors (Lipinski definition) is 6. The van der Waals surface area contributed by atoms with Crippen LogP contribution in [0.25, 0.3) is 0 Å². The van der Waals surface area contributed by atoms with Crippen molar-refractivity contribution in [1.82, 2.24) is 5.32 Å². The van der Waals surface area contributed by atoms with Gasteiger partial charge in [-0.15, -0.1) is 24.0 Å². The van der Waals surface area contributed by atoms with Crippen LogP contribution in [0.4, 0.5) is 5.69 Å². The average Bonchev–Trinajstić information content (AvgIpc) is 3.45. The van der Waals surface area contributed by atoms with Gasteiger partial charge in [0.1, 0.15) is 5.76 Å². The number of benzene rings is 1. The number of ether oxygens (including phenoxy) is 4. The number of nitrogens with one attached hydrogen (secondary N) is 2. The van der Waals surface area contributed by atoms with Crippen molar-refractivity contribution < 1.29 is 23.4 Å². The van der Waals surface area contributed by atoms with Crippen molar-refractivity contribution in [2.45, 2.75) is 25.4 Å². The Balaban J connectivity index is 0.00000320. The minimum Gasteiger partial charge on any atom is -0.493 e. The van der Waals surface area contributed by atoms with E-state index in [1.807, 2.05) is 24.3 Å². The quantitative estimate of drug-likeness (QED) is 0.290. The van der Waals surface area contributed by atoms with Gasteiger partial charge in [0.25, 0.3) is 0 Å². The molecule has 3 rings (SSSR count). The SMILES string of the molecule is COc1cc(NC(=NCC2CCCO2)NCCc2ccco2)cc(OC)c1OC.I. The van der Waals surface area contributed by atoms with Crippen LogP contribution in [-0.4, -0.2) is 53.1 Å². The summed E-state index contributed by atoms with van der Waals surface area (Å²) in [6, 6.07) is 7.53. The van der Waals surface area contributed by atoms with Gasteiger partial charge in [0.2, 0.25) is 5.75 Å². The third kappa shape index (κ3) is 6.69. The van der Waals surface area contributed by atoms with Crippen molar-refractivity contribution in [2.75, 3.05) is 46.3 Å². The number of aliphatic imine (C=N–C) groups is 1. The standard InChI is InChI=1S/C21H29N3O5.HI/c1-25-18-12-15(13-19(26-2)20(18)27-3)24-21(23-14-17-7-5-11-29-17)22-9-8-16-6-4-10-28-16;/h4,6,10,12-13,17H,5,7-9,11,14H2,1-3H3,(H2,22,23,24);1H. The molecule has 1 saturated heterocycles. The van der Waals surface area contributed by atoms with E-state index in [4.69, 9.17) is 28.4 Å². The lowest BCUT2D eigenvalue weighted by molar-refractivity contribution is 0.118. The summed E-state index contributed by atoms with van der Waals surface area (Å²) in [4.78, 5) is 4.70. The molecule has 1 aromatic heterocycles. The highest BCUT2D eigenvalue weighted by Crippen LogP contribution is 2.39. The van der Waals surface area contributed by atoms with Crippen molar-refractivity contribution in [2.24, 2.45) is 4.99 Å². The van der Waals surface area contributed by atoms with Gasteiger partial charge in [-0.25, -0.2) is 0 Å². The predicted octanol–water partition coefficient (Wildman–Crippen LogP) is 3.70. The first kappa shape index (κ1) is 24.1. The van der Waals surface area contributed by atoms with Gasteiger partial charge in [0, 0.05) is 37.4 Å². The number of anilines is 1. The lowest BCUT2D eigenvalue weighted by atomic mass is 10.2. The summed E-state index contributed by atoms with van der Waals surface area (Å²) in [6.45, 7) is 2.08. The van der Waals surface area contributed by atoms with Crippen LogP contribution in [0.1, 0.15) is 18.6 Å². The van der Waals surface area contributed by atoms with Gasteiger partial charge in [0.05, 0.1) is 40.2 Å². The van der Waals surface area contributed by atoms with E-state index < -0.39 is 0 Å². The minimum absolute atomic E-state index is 0. The Hall–Kier alpha value is -2.14. The van der Waals surface area contributed by atoms with E-state index in [2.05, 4.69) is 10.6 Å². The Bertz CT molecular complexity index is 767. The third-order valence-electron chi connectivity index (χ3n) is 4.65. The van der Waals surface area contributed by atoms with Gasteiger partial charge in [-0.2, -0.15) is 0 Å². The Morgan fingerprint density at radius 2 is 1.93 bits per heavy atom. The number of nitrogens with zero attached hydrogens (tertiary/aromatic N) is 1. The molecule has 2 aromatic rings. The highest BCUT2D eigenvalue weighted by molar-refractivity contribution is 14.0. The van der Waals surface area contributed by atoms with E-state index in [-0.39, 0.29) is 30.1 Å². The summed E-state index contributed by atoms with van der Waals surface area (Å²) in [5.74, 6) is 3.26. The number of guanidine groups is 1. The maximum Gasteiger partial charge on any atom is 0.203 e. The Labute approximate surface area is 194 Å². The van der Waals surface area contributed by atoms with E-state index in [1.165, 1.54) is 0 Å². The van der Waals surface area contributed by atoms with Gasteiger partial charge in [-0.3, -0.25) is 4.99 Å². The zero-order valence-electron chi connectivity index (χ0n) is 17.6. The molecule has 1 aliphatic heterocycles. The summed E-state index contributed by atoms with van der Waals surface area (Å²) < 4.78 is 27.3. The van der Waals surface area contributed by atoms with E-state index in [1.54, 1.807) is 27.6 Å². The van der Waals surface area contributed by atoms with Crippen molar-refractivity contribution in [3.63, 3.8) is 0 Å². The molecule has 1 fully saturated rings. The topological polar surface area (TPSA) is 86.5 Å². The molecular weight excluding hydrogens is 501 g/mol. The number of methoxy groups -OCH3 is 3. The van der Waals surface area contributed by atoms with Gasteiger partial charge < -0.3 is 34.0 Å². The molecule has 30 heavy (non-hydrogen) atoms. The molecule has 0 amide bonds. The molecule has 1 unspecified atom stereocenters. The molecule has 9 heteroatoms. The zero-order valence-corrected chi connectivity index (χ0v) is 19.9. The van der Waals surface area contributed by atoms with Gasteiger partial charge in [0.15, 0.2) is 17.5 Å². The molecule has 8 nitrogen and oxygen atoms in total. The molecular formula is C21H30IN3O5. The predicted molar refractivity (Wildman–Crippen MR) is 127 cm³/mol. The van der Waals surface area contributed by atoms with Crippen LogP contribution in [0, 0.1) is 0 Å². The van der Waals surface area contributed by atoms with Crippen molar-refractivity contribution >= 4 is 35.6 Å². The Morgan fingerprint density at radius 1 is 1.17 bits per heavy atom. The second kappa shape index (κ2) is 12.5. The second-order valence-electron chi connectivity index (χ2n) is 6.62. The van der Waals surface area contributed by atoms with Crippen LogP contribution >= 0.6 is 24.0 Å². The fraction of sp³-hybridized carbons (Fsp3) is 0.476. The number of hydrogen-bond donors (Lipinski definition) is 2. The van der Waals surface area contributed by atoms with Crippen LogP contribution in [0.5, 0.6) is 17.2 Å². The molecule has 0 aliphatic carbocycles. The zero-order chi connectivity index (χ0) is 20.5. The number of halogens is 1. The molecule has 0 spiro atoms. The summed E-state index contributed by atoms with van der Waals surface area (Å²) in [5, 5.41) is 6.67. The second-order valence-corrected chi connectivity index (χ2v) is 6.62. The van der Waals surface area contributed by atoms with Gasteiger partial charge in [-0.1, -0.05) is 0 Å². The molecule has 0 saturated carbocycles. The molecule has 166 valence electrons. The minimum atomic E-state index is 0. The lowest BCUT2D eigenvalue weighted by Gasteiger charge is -2.17. The lowest BCUT2D eigenvalue weighted by Crippen LogP contribution is -2.33. The normalized spacial score (nSPS) is 16.0. The van der Waals surface area contributed by atoms with E-state index in [0.29, 0.717) is 36.3 Å². The monoisotopic (exact) mass is 531 g/mol. The molecule has 1 atom stereocenters. The molecule has 0 bridgehead atoms. The number of rotatable bonds is 9. The van der Waals surface area contributed by atoms with Crippen LogP contribution in [0.15, 0.2) is 39.9 Å². The maximum absolute atomic E-state index is 5.69. The largest absolute Gasteiger partial charge is 0.493 e. The van der Waals surface area contributed by atoms with Crippen LogP contribution in [0.3, 0.4) is 0 Å². The molecule has 1 aromatic carbocycles. The summed E-state index contributed by atoms with van der Waals surface area (Å²) in [7, 11) is 4.77. The first-order chi connectivity index (χ1) is 14.2. The molecule has 2 N–H and O–H groups in total. The first-order valence-corrected chi connectivity index (χ1v) is 9.72. The highest BCUT2D eigenvalue weighted by Gasteiger charge is 2.16. The smallest absolute Gasteiger partial charge is 0.203 e. The van der Waals surface area contributed by atoms with Crippen molar-refractivity contribution in [3.05, 3.63) is 36.3 Å². The first-order valence-electron chi connectivity index (χ1n) is 9.72. The Morgan fingerprint density at radius 3 is 2.50 bits per heavy atom. The van der Waals surface area contributed by atoms with Crippen LogP contribution in [-0.2, 0) is 11.2 Å². The Kier molecular flexibility index (Phi) is 10.1. The fourth-order valence-electron chi connectivity index (χ4n) is 3.17. The maximum atomic E-state index is 5.69. The average molecular weight is 531 g/mol. The highest BCUT2D eigenvalue weighted by atomic mass is 127. The summed E-state index contributed by atoms with van der Waals surface area (Å²) in [6.07, 6.45) is 4.71. The summed E-state index contributed by atoms with van der Waals surface area (Å²) >= 11 is 0. The van der Waals surface area contributed by atoms with E-state index >= 15 is 0 Å². The van der Waals surface area contributed by atoms with Gasteiger partial charge in [-0.05, 0) is 25.0 Å². The number of furan rings is 1. The van der Waals surface area contributed by atoms with E-state index in [0.717, 1.165) is 37.3 Å². The van der Waals surface area contributed by atoms with E-state index in [9.17, 15) is 0 Å².